The molecule has 0 radical (unpaired) electrons. The molecule has 6 heteroatoms. The SMILES string of the molecule is CC1(C)CCC/C(=C\c2ccc(Cl)cc2Cl)[C@@]1(O)Cn1cncn1. The van der Waals surface area contributed by atoms with Crippen LogP contribution in [0.25, 0.3) is 6.08 Å². The van der Waals surface area contributed by atoms with E-state index in [1.807, 2.05) is 18.2 Å². The Balaban J connectivity index is 2.04. The first-order chi connectivity index (χ1) is 11.3. The highest BCUT2D eigenvalue weighted by Gasteiger charge is 2.48. The molecule has 1 aliphatic carbocycles. The predicted molar refractivity (Wildman–Crippen MR) is 97.0 cm³/mol. The van der Waals surface area contributed by atoms with Gasteiger partial charge in [0.25, 0.3) is 0 Å². The molecular weight excluding hydrogens is 345 g/mol. The summed E-state index contributed by atoms with van der Waals surface area (Å²) in [4.78, 5) is 3.98. The van der Waals surface area contributed by atoms with Crippen LogP contribution in [0.3, 0.4) is 0 Å². The summed E-state index contributed by atoms with van der Waals surface area (Å²) in [5.74, 6) is 0. The van der Waals surface area contributed by atoms with Gasteiger partial charge in [-0.2, -0.15) is 5.10 Å². The van der Waals surface area contributed by atoms with Gasteiger partial charge in [-0.15, -0.1) is 0 Å². The molecule has 2 aromatic rings. The Bertz CT molecular complexity index is 756. The van der Waals surface area contributed by atoms with Crippen LogP contribution < -0.4 is 0 Å². The summed E-state index contributed by atoms with van der Waals surface area (Å²) in [5.41, 5.74) is 0.549. The number of rotatable bonds is 3. The van der Waals surface area contributed by atoms with Crippen LogP contribution in [-0.4, -0.2) is 25.5 Å². The minimum absolute atomic E-state index is 0.276. The molecule has 1 atom stereocenters. The van der Waals surface area contributed by atoms with Gasteiger partial charge in [0, 0.05) is 10.0 Å². The topological polar surface area (TPSA) is 50.9 Å². The number of benzene rings is 1. The zero-order chi connectivity index (χ0) is 17.4. The maximum atomic E-state index is 11.6. The van der Waals surface area contributed by atoms with Crippen molar-refractivity contribution >= 4 is 29.3 Å². The van der Waals surface area contributed by atoms with E-state index in [1.54, 1.807) is 17.1 Å². The third-order valence-electron chi connectivity index (χ3n) is 5.05. The third kappa shape index (κ3) is 3.23. The fraction of sp³-hybridized carbons (Fsp3) is 0.444. The molecule has 0 spiro atoms. The average molecular weight is 366 g/mol. The Morgan fingerprint density at radius 3 is 2.79 bits per heavy atom. The summed E-state index contributed by atoms with van der Waals surface area (Å²) in [5, 5.41) is 17.0. The van der Waals surface area contributed by atoms with Gasteiger partial charge >= 0.3 is 0 Å². The Labute approximate surface area is 152 Å². The van der Waals surface area contributed by atoms with Crippen molar-refractivity contribution in [1.82, 2.24) is 14.8 Å². The monoisotopic (exact) mass is 365 g/mol. The highest BCUT2D eigenvalue weighted by Crippen LogP contribution is 2.48. The number of hydrogen-bond donors (Lipinski definition) is 1. The molecule has 0 saturated heterocycles. The van der Waals surface area contributed by atoms with E-state index in [2.05, 4.69) is 23.9 Å². The molecule has 0 unspecified atom stereocenters. The van der Waals surface area contributed by atoms with Crippen LogP contribution in [0.2, 0.25) is 10.0 Å². The number of hydrogen-bond acceptors (Lipinski definition) is 3. The highest BCUT2D eigenvalue weighted by atomic mass is 35.5. The van der Waals surface area contributed by atoms with E-state index >= 15 is 0 Å². The van der Waals surface area contributed by atoms with E-state index in [0.717, 1.165) is 30.4 Å². The molecular formula is C18H21Cl2N3O. The third-order valence-corrected chi connectivity index (χ3v) is 5.61. The molecule has 1 aliphatic rings. The van der Waals surface area contributed by atoms with Gasteiger partial charge in [-0.3, -0.25) is 0 Å². The maximum absolute atomic E-state index is 11.6. The predicted octanol–water partition coefficient (Wildman–Crippen LogP) is 4.61. The largest absolute Gasteiger partial charge is 0.383 e. The first-order valence-corrected chi connectivity index (χ1v) is 8.78. The number of nitrogens with zero attached hydrogens (tertiary/aromatic N) is 3. The van der Waals surface area contributed by atoms with Crippen LogP contribution in [0.5, 0.6) is 0 Å². The summed E-state index contributed by atoms with van der Waals surface area (Å²) < 4.78 is 1.68. The van der Waals surface area contributed by atoms with E-state index in [4.69, 9.17) is 23.2 Å². The lowest BCUT2D eigenvalue weighted by atomic mass is 9.62. The van der Waals surface area contributed by atoms with Gasteiger partial charge < -0.3 is 5.11 Å². The number of aliphatic hydroxyl groups is 1. The van der Waals surface area contributed by atoms with Crippen LogP contribution in [0.1, 0.15) is 38.7 Å². The Hall–Kier alpha value is -1.36. The van der Waals surface area contributed by atoms with Crippen molar-refractivity contribution in [3.8, 4) is 0 Å². The Kier molecular flexibility index (Phi) is 4.73. The van der Waals surface area contributed by atoms with Crippen LogP contribution >= 0.6 is 23.2 Å². The standard InChI is InChI=1S/C18H21Cl2N3O/c1-17(2)7-3-4-14(8-13-5-6-15(19)9-16(13)20)18(17,24)10-23-12-21-11-22-23/h5-6,8-9,11-12,24H,3-4,7,10H2,1-2H3/b14-8+/t18-/m0/s1. The first-order valence-electron chi connectivity index (χ1n) is 8.03. The van der Waals surface area contributed by atoms with E-state index < -0.39 is 5.60 Å². The second-order valence-electron chi connectivity index (χ2n) is 7.03. The fourth-order valence-electron chi connectivity index (χ4n) is 3.43. The molecule has 1 aromatic carbocycles. The van der Waals surface area contributed by atoms with Crippen molar-refractivity contribution in [3.05, 3.63) is 52.0 Å². The Morgan fingerprint density at radius 1 is 1.33 bits per heavy atom. The van der Waals surface area contributed by atoms with Gasteiger partial charge in [0.2, 0.25) is 0 Å². The number of aromatic nitrogens is 3. The summed E-state index contributed by atoms with van der Waals surface area (Å²) in [6.07, 6.45) is 7.92. The van der Waals surface area contributed by atoms with Crippen molar-refractivity contribution in [2.75, 3.05) is 0 Å². The van der Waals surface area contributed by atoms with Gasteiger partial charge in [-0.1, -0.05) is 49.2 Å². The normalized spacial score (nSPS) is 25.1. The zero-order valence-corrected chi connectivity index (χ0v) is 15.3. The minimum atomic E-state index is -1.01. The summed E-state index contributed by atoms with van der Waals surface area (Å²) >= 11 is 12.3. The fourth-order valence-corrected chi connectivity index (χ4v) is 3.89. The van der Waals surface area contributed by atoms with Gasteiger partial charge in [0.15, 0.2) is 0 Å². The van der Waals surface area contributed by atoms with Gasteiger partial charge in [0.1, 0.15) is 18.3 Å². The molecule has 0 bridgehead atoms. The quantitative estimate of drug-likeness (QED) is 0.863. The van der Waals surface area contributed by atoms with Crippen LogP contribution in [0.4, 0.5) is 0 Å². The van der Waals surface area contributed by atoms with Crippen LogP contribution in [0, 0.1) is 5.41 Å². The van der Waals surface area contributed by atoms with Gasteiger partial charge in [0.05, 0.1) is 6.54 Å². The Morgan fingerprint density at radius 2 is 2.12 bits per heavy atom. The van der Waals surface area contributed by atoms with E-state index in [1.165, 1.54) is 6.33 Å². The van der Waals surface area contributed by atoms with Crippen molar-refractivity contribution in [2.45, 2.75) is 45.3 Å². The lowest BCUT2D eigenvalue weighted by Gasteiger charge is -2.48. The van der Waals surface area contributed by atoms with E-state index in [-0.39, 0.29) is 5.41 Å². The lowest BCUT2D eigenvalue weighted by molar-refractivity contribution is -0.0692. The molecule has 1 fully saturated rings. The maximum Gasteiger partial charge on any atom is 0.137 e. The summed E-state index contributed by atoms with van der Waals surface area (Å²) in [7, 11) is 0. The molecule has 128 valence electrons. The molecule has 1 N–H and O–H groups in total. The van der Waals surface area contributed by atoms with Gasteiger partial charge in [-0.25, -0.2) is 9.67 Å². The average Bonchev–Trinajstić information content (AvgIpc) is 2.99. The first kappa shape index (κ1) is 17.5. The van der Waals surface area contributed by atoms with E-state index in [9.17, 15) is 5.11 Å². The molecule has 3 rings (SSSR count). The highest BCUT2D eigenvalue weighted by molar-refractivity contribution is 6.35. The molecule has 24 heavy (non-hydrogen) atoms. The second kappa shape index (κ2) is 6.51. The lowest BCUT2D eigenvalue weighted by Crippen LogP contribution is -2.52. The van der Waals surface area contributed by atoms with E-state index in [0.29, 0.717) is 16.6 Å². The van der Waals surface area contributed by atoms with Crippen molar-refractivity contribution in [1.29, 1.82) is 0 Å². The van der Waals surface area contributed by atoms with Crippen molar-refractivity contribution in [3.63, 3.8) is 0 Å². The zero-order valence-electron chi connectivity index (χ0n) is 13.8. The second-order valence-corrected chi connectivity index (χ2v) is 7.87. The molecule has 1 heterocycles. The minimum Gasteiger partial charge on any atom is -0.383 e. The molecule has 0 aliphatic heterocycles. The van der Waals surface area contributed by atoms with Crippen LogP contribution in [-0.2, 0) is 6.54 Å². The molecule has 0 amide bonds. The van der Waals surface area contributed by atoms with Gasteiger partial charge in [-0.05, 0) is 47.9 Å². The summed E-state index contributed by atoms with van der Waals surface area (Å²) in [6, 6.07) is 5.42. The van der Waals surface area contributed by atoms with Crippen molar-refractivity contribution < 1.29 is 5.11 Å². The van der Waals surface area contributed by atoms with Crippen LogP contribution in [0.15, 0.2) is 36.4 Å². The smallest absolute Gasteiger partial charge is 0.137 e. The number of halogens is 2. The molecule has 4 nitrogen and oxygen atoms in total. The molecule has 1 aromatic heterocycles. The summed E-state index contributed by atoms with van der Waals surface area (Å²) in [6.45, 7) is 4.57. The van der Waals surface area contributed by atoms with Crippen molar-refractivity contribution in [2.24, 2.45) is 5.41 Å². The molecule has 1 saturated carbocycles.